The third-order valence-corrected chi connectivity index (χ3v) is 4.14. The summed E-state index contributed by atoms with van der Waals surface area (Å²) in [5.41, 5.74) is 3.23. The van der Waals surface area contributed by atoms with E-state index in [0.717, 1.165) is 30.0 Å². The Kier molecular flexibility index (Phi) is 4.79. The van der Waals surface area contributed by atoms with Crippen molar-refractivity contribution in [1.29, 1.82) is 0 Å². The minimum absolute atomic E-state index is 0.129. The van der Waals surface area contributed by atoms with E-state index < -0.39 is 0 Å². The Morgan fingerprint density at radius 2 is 1.92 bits per heavy atom. The number of hydrogen-bond acceptors (Lipinski definition) is 5. The van der Waals surface area contributed by atoms with Gasteiger partial charge in [-0.1, -0.05) is 18.2 Å². The molecule has 0 saturated carbocycles. The first kappa shape index (κ1) is 16.7. The molecule has 6 nitrogen and oxygen atoms in total. The van der Waals surface area contributed by atoms with Crippen molar-refractivity contribution in [3.63, 3.8) is 0 Å². The van der Waals surface area contributed by atoms with Crippen LogP contribution in [0.5, 0.6) is 5.75 Å². The summed E-state index contributed by atoms with van der Waals surface area (Å²) in [4.78, 5) is 14.1. The third-order valence-electron chi connectivity index (χ3n) is 4.14. The van der Waals surface area contributed by atoms with Gasteiger partial charge in [-0.15, -0.1) is 5.10 Å². The highest BCUT2D eigenvalue weighted by molar-refractivity contribution is 6.53. The van der Waals surface area contributed by atoms with E-state index in [1.165, 1.54) is 6.21 Å². The van der Waals surface area contributed by atoms with Gasteiger partial charge in [0.15, 0.2) is 5.71 Å². The van der Waals surface area contributed by atoms with E-state index in [4.69, 9.17) is 0 Å². The second kappa shape index (κ2) is 7.17. The van der Waals surface area contributed by atoms with Crippen molar-refractivity contribution in [3.05, 3.63) is 53.6 Å². The van der Waals surface area contributed by atoms with E-state index in [1.807, 2.05) is 30.3 Å². The lowest BCUT2D eigenvalue weighted by atomic mass is 10.1. The van der Waals surface area contributed by atoms with Crippen LogP contribution in [0.25, 0.3) is 0 Å². The fourth-order valence-electron chi connectivity index (χ4n) is 2.78. The van der Waals surface area contributed by atoms with Crippen LogP contribution in [0.1, 0.15) is 25.0 Å². The molecule has 2 aromatic carbocycles. The zero-order valence-electron chi connectivity index (χ0n) is 14.2. The molecule has 0 unspecified atom stereocenters. The first-order chi connectivity index (χ1) is 12.1. The maximum atomic E-state index is 12.0. The predicted octanol–water partition coefficient (Wildman–Crippen LogP) is 3.01. The Morgan fingerprint density at radius 1 is 1.16 bits per heavy atom. The summed E-state index contributed by atoms with van der Waals surface area (Å²) in [6, 6.07) is 12.7. The topological polar surface area (TPSA) is 77.3 Å². The van der Waals surface area contributed by atoms with Gasteiger partial charge in [-0.05, 0) is 32.0 Å². The minimum atomic E-state index is -0.278. The van der Waals surface area contributed by atoms with E-state index in [2.05, 4.69) is 34.3 Å². The van der Waals surface area contributed by atoms with Gasteiger partial charge in [-0.25, -0.2) is 0 Å². The average molecular weight is 336 g/mol. The monoisotopic (exact) mass is 336 g/mol. The van der Waals surface area contributed by atoms with E-state index in [1.54, 1.807) is 12.1 Å². The summed E-state index contributed by atoms with van der Waals surface area (Å²) < 4.78 is 0. The number of carbonyl (C=O) groups excluding carboxylic acids is 1. The van der Waals surface area contributed by atoms with Gasteiger partial charge in [0.05, 0.1) is 11.9 Å². The van der Waals surface area contributed by atoms with Crippen molar-refractivity contribution >= 4 is 29.2 Å². The van der Waals surface area contributed by atoms with E-state index in [0.29, 0.717) is 5.56 Å². The number of phenolic OH excluding ortho intramolecular Hbond substituents is 1. The maximum absolute atomic E-state index is 12.0. The lowest BCUT2D eigenvalue weighted by Crippen LogP contribution is -2.21. The predicted molar refractivity (Wildman–Crippen MR) is 101 cm³/mol. The van der Waals surface area contributed by atoms with Crippen LogP contribution < -0.4 is 10.2 Å². The summed E-state index contributed by atoms with van der Waals surface area (Å²) >= 11 is 0. The Bertz CT molecular complexity index is 854. The molecule has 2 aromatic rings. The van der Waals surface area contributed by atoms with Crippen LogP contribution >= 0.6 is 0 Å². The number of hydrogen-bond donors (Lipinski definition) is 2. The van der Waals surface area contributed by atoms with Gasteiger partial charge in [0, 0.05) is 36.0 Å². The number of anilines is 2. The molecule has 128 valence electrons. The van der Waals surface area contributed by atoms with Crippen LogP contribution in [0.15, 0.2) is 52.7 Å². The first-order valence-corrected chi connectivity index (χ1v) is 8.23. The molecule has 1 aliphatic heterocycles. The average Bonchev–Trinajstić information content (AvgIpc) is 2.93. The highest BCUT2D eigenvalue weighted by Gasteiger charge is 2.25. The molecule has 25 heavy (non-hydrogen) atoms. The molecular weight excluding hydrogens is 316 g/mol. The van der Waals surface area contributed by atoms with Crippen molar-refractivity contribution < 1.29 is 9.90 Å². The van der Waals surface area contributed by atoms with Crippen LogP contribution in [-0.4, -0.2) is 36.0 Å². The summed E-state index contributed by atoms with van der Waals surface area (Å²) in [5.74, 6) is -0.149. The summed E-state index contributed by atoms with van der Waals surface area (Å²) in [5, 5.41) is 20.9. The van der Waals surface area contributed by atoms with Gasteiger partial charge in [0.1, 0.15) is 5.75 Å². The Hall–Kier alpha value is -3.15. The van der Waals surface area contributed by atoms with Crippen LogP contribution in [0.4, 0.5) is 11.4 Å². The molecule has 0 fully saturated rings. The lowest BCUT2D eigenvalue weighted by molar-refractivity contribution is -0.110. The van der Waals surface area contributed by atoms with Crippen molar-refractivity contribution in [2.75, 3.05) is 23.3 Å². The summed E-state index contributed by atoms with van der Waals surface area (Å²) in [6.45, 7) is 5.87. The fourth-order valence-corrected chi connectivity index (χ4v) is 2.78. The Labute approximate surface area is 146 Å². The molecule has 0 saturated heterocycles. The fraction of sp³-hybridized carbons (Fsp3) is 0.211. The van der Waals surface area contributed by atoms with Gasteiger partial charge in [-0.3, -0.25) is 4.79 Å². The number of phenols is 1. The Balaban J connectivity index is 1.82. The minimum Gasteiger partial charge on any atom is -0.507 e. The molecule has 0 spiro atoms. The molecule has 3 rings (SSSR count). The molecule has 2 N–H and O–H groups in total. The molecule has 1 amide bonds. The van der Waals surface area contributed by atoms with Gasteiger partial charge in [0.2, 0.25) is 0 Å². The number of nitrogens with zero attached hydrogens (tertiary/aromatic N) is 3. The number of aromatic hydroxyl groups is 1. The molecular formula is C19H20N4O2. The quantitative estimate of drug-likeness (QED) is 0.651. The highest BCUT2D eigenvalue weighted by Crippen LogP contribution is 2.24. The molecule has 1 heterocycles. The molecule has 0 atom stereocenters. The normalized spacial score (nSPS) is 14.8. The second-order valence-electron chi connectivity index (χ2n) is 5.61. The van der Waals surface area contributed by atoms with Gasteiger partial charge in [-0.2, -0.15) is 5.10 Å². The smallest absolute Gasteiger partial charge is 0.276 e. The molecule has 0 aromatic heterocycles. The SMILES string of the molecule is CCN(CC)c1ccc(/C=N/N=C2\C(=O)Nc3ccccc32)c(O)c1. The van der Waals surface area contributed by atoms with E-state index in [-0.39, 0.29) is 17.4 Å². The zero-order valence-corrected chi connectivity index (χ0v) is 14.2. The van der Waals surface area contributed by atoms with Crippen molar-refractivity contribution in [1.82, 2.24) is 0 Å². The number of rotatable bonds is 5. The number of carbonyl (C=O) groups is 1. The first-order valence-electron chi connectivity index (χ1n) is 8.23. The van der Waals surface area contributed by atoms with Gasteiger partial charge < -0.3 is 15.3 Å². The lowest BCUT2D eigenvalue weighted by Gasteiger charge is -2.21. The number of para-hydroxylation sites is 1. The van der Waals surface area contributed by atoms with Crippen LogP contribution in [0.3, 0.4) is 0 Å². The largest absolute Gasteiger partial charge is 0.507 e. The standard InChI is InChI=1S/C19H20N4O2/c1-3-23(4-2)14-10-9-13(17(24)11-14)12-20-22-18-15-7-5-6-8-16(15)21-19(18)25/h5-12,24H,3-4H2,1-2H3,(H,21,22,25)/b20-12+. The van der Waals surface area contributed by atoms with Crippen LogP contribution in [0.2, 0.25) is 0 Å². The van der Waals surface area contributed by atoms with E-state index >= 15 is 0 Å². The number of fused-ring (bicyclic) bond motifs is 1. The Morgan fingerprint density at radius 3 is 2.64 bits per heavy atom. The molecule has 0 aliphatic carbocycles. The summed E-state index contributed by atoms with van der Waals surface area (Å²) in [6.07, 6.45) is 1.45. The van der Waals surface area contributed by atoms with Crippen LogP contribution in [-0.2, 0) is 4.79 Å². The number of benzene rings is 2. The molecule has 6 heteroatoms. The van der Waals surface area contributed by atoms with Gasteiger partial charge >= 0.3 is 0 Å². The van der Waals surface area contributed by atoms with Gasteiger partial charge in [0.25, 0.3) is 5.91 Å². The van der Waals surface area contributed by atoms with Crippen molar-refractivity contribution in [3.8, 4) is 5.75 Å². The van der Waals surface area contributed by atoms with Crippen LogP contribution in [0, 0.1) is 0 Å². The highest BCUT2D eigenvalue weighted by atomic mass is 16.3. The number of amides is 1. The van der Waals surface area contributed by atoms with Crippen molar-refractivity contribution in [2.24, 2.45) is 10.2 Å². The van der Waals surface area contributed by atoms with Crippen molar-refractivity contribution in [2.45, 2.75) is 13.8 Å². The second-order valence-corrected chi connectivity index (χ2v) is 5.61. The molecule has 0 bridgehead atoms. The third kappa shape index (κ3) is 3.38. The van der Waals surface area contributed by atoms with E-state index in [9.17, 15) is 9.90 Å². The molecule has 1 aliphatic rings. The summed E-state index contributed by atoms with van der Waals surface area (Å²) in [7, 11) is 0. The molecule has 0 radical (unpaired) electrons. The maximum Gasteiger partial charge on any atom is 0.276 e. The zero-order chi connectivity index (χ0) is 17.8. The number of nitrogens with one attached hydrogen (secondary N) is 1.